The Balaban J connectivity index is 0.00000169. The van der Waals surface area contributed by atoms with Gasteiger partial charge in [0.15, 0.2) is 0 Å². The van der Waals surface area contributed by atoms with E-state index in [0.29, 0.717) is 6.42 Å². The summed E-state index contributed by atoms with van der Waals surface area (Å²) >= 11 is 0. The molecule has 0 aliphatic heterocycles. The Morgan fingerprint density at radius 3 is 2.21 bits per heavy atom. The van der Waals surface area contributed by atoms with Gasteiger partial charge in [-0.2, -0.15) is 0 Å². The highest BCUT2D eigenvalue weighted by atomic mass is 16.1. The maximum atomic E-state index is 11.0. The molecule has 0 unspecified atom stereocenters. The molecule has 1 aromatic carbocycles. The van der Waals surface area contributed by atoms with Crippen LogP contribution in [0, 0.1) is 0 Å². The predicted molar refractivity (Wildman–Crippen MR) is 61.5 cm³/mol. The van der Waals surface area contributed by atoms with Crippen molar-refractivity contribution in [1.29, 1.82) is 0 Å². The second kappa shape index (κ2) is 6.19. The molecule has 1 N–H and O–H groups in total. The highest BCUT2D eigenvalue weighted by Gasteiger charge is 1.97. The van der Waals surface area contributed by atoms with E-state index in [1.54, 1.807) is 0 Å². The normalized spacial score (nSPS) is 9.00. The van der Waals surface area contributed by atoms with Gasteiger partial charge >= 0.3 is 0 Å². The summed E-state index contributed by atoms with van der Waals surface area (Å²) in [5.74, 6) is 0.0595. The van der Waals surface area contributed by atoms with Crippen LogP contribution < -0.4 is 5.32 Å². The van der Waals surface area contributed by atoms with Gasteiger partial charge in [0.25, 0.3) is 0 Å². The Bertz CT molecular complexity index is 277. The molecular formula is C12H19NO. The van der Waals surface area contributed by atoms with Crippen molar-refractivity contribution >= 4 is 11.6 Å². The molecule has 0 saturated heterocycles. The molecule has 1 amide bonds. The van der Waals surface area contributed by atoms with Crippen LogP contribution >= 0.6 is 0 Å². The zero-order valence-electron chi connectivity index (χ0n) is 8.13. The number of benzene rings is 1. The highest BCUT2D eigenvalue weighted by molar-refractivity contribution is 5.90. The number of carbonyl (C=O) groups is 1. The second-order valence-corrected chi connectivity index (χ2v) is 2.95. The van der Waals surface area contributed by atoms with Crippen molar-refractivity contribution in [2.75, 3.05) is 5.32 Å². The number of aryl methyl sites for hydroxylation is 1. The van der Waals surface area contributed by atoms with Crippen molar-refractivity contribution in [1.82, 2.24) is 0 Å². The molecule has 2 nitrogen and oxygen atoms in total. The number of anilines is 1. The van der Waals surface area contributed by atoms with E-state index in [1.807, 2.05) is 31.2 Å². The summed E-state index contributed by atoms with van der Waals surface area (Å²) in [6.45, 7) is 3.95. The quantitative estimate of drug-likeness (QED) is 0.784. The molecule has 0 spiro atoms. The summed E-state index contributed by atoms with van der Waals surface area (Å²) in [7, 11) is 0. The molecule has 0 bridgehead atoms. The highest BCUT2D eigenvalue weighted by Crippen LogP contribution is 2.09. The molecule has 14 heavy (non-hydrogen) atoms. The first kappa shape index (κ1) is 12.7. The average molecular weight is 193 g/mol. The van der Waals surface area contributed by atoms with Crippen LogP contribution in [-0.2, 0) is 11.2 Å². The van der Waals surface area contributed by atoms with Crippen molar-refractivity contribution in [2.24, 2.45) is 0 Å². The first-order valence-corrected chi connectivity index (χ1v) is 4.65. The van der Waals surface area contributed by atoms with Gasteiger partial charge in [-0.15, -0.1) is 0 Å². The van der Waals surface area contributed by atoms with Crippen LogP contribution in [0.4, 0.5) is 5.69 Å². The minimum absolute atomic E-state index is 0. The largest absolute Gasteiger partial charge is 0.326 e. The van der Waals surface area contributed by atoms with Crippen LogP contribution in [-0.4, -0.2) is 5.91 Å². The van der Waals surface area contributed by atoms with Gasteiger partial charge in [0, 0.05) is 12.1 Å². The molecular weight excluding hydrogens is 174 g/mol. The molecule has 2 heteroatoms. The Morgan fingerprint density at radius 2 is 1.79 bits per heavy atom. The molecule has 0 saturated carbocycles. The lowest BCUT2D eigenvalue weighted by molar-refractivity contribution is -0.115. The van der Waals surface area contributed by atoms with Crippen LogP contribution in [0.3, 0.4) is 0 Å². The SMILES string of the molecule is C.CCC(=O)Nc1ccc(CC)cc1. The van der Waals surface area contributed by atoms with Crippen molar-refractivity contribution in [3.63, 3.8) is 0 Å². The van der Waals surface area contributed by atoms with E-state index in [1.165, 1.54) is 5.56 Å². The van der Waals surface area contributed by atoms with Crippen LogP contribution in [0.15, 0.2) is 24.3 Å². The fourth-order valence-electron chi connectivity index (χ4n) is 1.07. The van der Waals surface area contributed by atoms with E-state index in [9.17, 15) is 4.79 Å². The van der Waals surface area contributed by atoms with Gasteiger partial charge in [-0.25, -0.2) is 0 Å². The van der Waals surface area contributed by atoms with E-state index in [-0.39, 0.29) is 13.3 Å². The molecule has 0 aliphatic rings. The van der Waals surface area contributed by atoms with Crippen molar-refractivity contribution in [2.45, 2.75) is 34.1 Å². The fraction of sp³-hybridized carbons (Fsp3) is 0.417. The lowest BCUT2D eigenvalue weighted by atomic mass is 10.1. The minimum atomic E-state index is 0. The molecule has 0 fully saturated rings. The smallest absolute Gasteiger partial charge is 0.224 e. The molecule has 1 aromatic rings. The third-order valence-electron chi connectivity index (χ3n) is 1.97. The van der Waals surface area contributed by atoms with Crippen LogP contribution in [0.1, 0.15) is 33.3 Å². The summed E-state index contributed by atoms with van der Waals surface area (Å²) in [4.78, 5) is 11.0. The van der Waals surface area contributed by atoms with Gasteiger partial charge < -0.3 is 5.32 Å². The van der Waals surface area contributed by atoms with E-state index >= 15 is 0 Å². The predicted octanol–water partition coefficient (Wildman–Crippen LogP) is 3.23. The summed E-state index contributed by atoms with van der Waals surface area (Å²) in [5, 5.41) is 2.80. The van der Waals surface area contributed by atoms with E-state index < -0.39 is 0 Å². The maximum Gasteiger partial charge on any atom is 0.224 e. The Morgan fingerprint density at radius 1 is 1.21 bits per heavy atom. The standard InChI is InChI=1S/C11H15NO.CH4/c1-3-9-5-7-10(8-6-9)12-11(13)4-2;/h5-8H,3-4H2,1-2H3,(H,12,13);1H4. The van der Waals surface area contributed by atoms with Gasteiger partial charge in [0.2, 0.25) is 5.91 Å². The zero-order chi connectivity index (χ0) is 9.68. The zero-order valence-corrected chi connectivity index (χ0v) is 8.13. The third-order valence-corrected chi connectivity index (χ3v) is 1.97. The minimum Gasteiger partial charge on any atom is -0.326 e. The van der Waals surface area contributed by atoms with E-state index in [2.05, 4.69) is 12.2 Å². The van der Waals surface area contributed by atoms with Crippen molar-refractivity contribution < 1.29 is 4.79 Å². The van der Waals surface area contributed by atoms with Crippen LogP contribution in [0.2, 0.25) is 0 Å². The molecule has 78 valence electrons. The average Bonchev–Trinajstić information content (AvgIpc) is 2.19. The van der Waals surface area contributed by atoms with E-state index in [0.717, 1.165) is 12.1 Å². The fourth-order valence-corrected chi connectivity index (χ4v) is 1.07. The lowest BCUT2D eigenvalue weighted by Gasteiger charge is -2.03. The molecule has 0 radical (unpaired) electrons. The number of carbonyl (C=O) groups excluding carboxylic acids is 1. The summed E-state index contributed by atoms with van der Waals surface area (Å²) in [6, 6.07) is 7.94. The topological polar surface area (TPSA) is 29.1 Å². The Hall–Kier alpha value is -1.31. The summed E-state index contributed by atoms with van der Waals surface area (Å²) in [6.07, 6.45) is 1.55. The first-order chi connectivity index (χ1) is 6.26. The van der Waals surface area contributed by atoms with Crippen molar-refractivity contribution in [3.05, 3.63) is 29.8 Å². The number of amides is 1. The molecule has 0 aromatic heterocycles. The van der Waals surface area contributed by atoms with Gasteiger partial charge in [-0.1, -0.05) is 33.4 Å². The van der Waals surface area contributed by atoms with Gasteiger partial charge in [-0.05, 0) is 24.1 Å². The number of rotatable bonds is 3. The maximum absolute atomic E-state index is 11.0. The van der Waals surface area contributed by atoms with Crippen LogP contribution in [0.25, 0.3) is 0 Å². The van der Waals surface area contributed by atoms with Gasteiger partial charge in [-0.3, -0.25) is 4.79 Å². The number of hydrogen-bond donors (Lipinski definition) is 1. The molecule has 0 atom stereocenters. The molecule has 0 aliphatic carbocycles. The number of nitrogens with one attached hydrogen (secondary N) is 1. The van der Waals surface area contributed by atoms with Gasteiger partial charge in [0.1, 0.15) is 0 Å². The molecule has 0 heterocycles. The second-order valence-electron chi connectivity index (χ2n) is 2.95. The number of hydrogen-bond acceptors (Lipinski definition) is 1. The third kappa shape index (κ3) is 3.60. The monoisotopic (exact) mass is 193 g/mol. The van der Waals surface area contributed by atoms with Crippen LogP contribution in [0.5, 0.6) is 0 Å². The Labute approximate surface area is 86.3 Å². The van der Waals surface area contributed by atoms with Gasteiger partial charge in [0.05, 0.1) is 0 Å². The Kier molecular flexibility index (Phi) is 5.61. The first-order valence-electron chi connectivity index (χ1n) is 4.65. The summed E-state index contributed by atoms with van der Waals surface area (Å²) in [5.41, 5.74) is 2.17. The summed E-state index contributed by atoms with van der Waals surface area (Å²) < 4.78 is 0. The lowest BCUT2D eigenvalue weighted by Crippen LogP contribution is -2.09. The van der Waals surface area contributed by atoms with Crippen molar-refractivity contribution in [3.8, 4) is 0 Å². The van der Waals surface area contributed by atoms with E-state index in [4.69, 9.17) is 0 Å². The molecule has 1 rings (SSSR count).